The van der Waals surface area contributed by atoms with Crippen molar-refractivity contribution in [3.05, 3.63) is 28.8 Å². The molecule has 1 aliphatic heterocycles. The monoisotopic (exact) mass is 211 g/mol. The minimum Gasteiger partial charge on any atom is -0.508 e. The maximum Gasteiger partial charge on any atom is 0.116 e. The van der Waals surface area contributed by atoms with Gasteiger partial charge in [-0.3, -0.25) is 0 Å². The molecule has 1 aromatic carbocycles. The fourth-order valence-corrected chi connectivity index (χ4v) is 2.16. The van der Waals surface area contributed by atoms with Gasteiger partial charge >= 0.3 is 0 Å². The summed E-state index contributed by atoms with van der Waals surface area (Å²) in [6.45, 7) is 1.04. The minimum atomic E-state index is 0.289. The molecule has 0 spiro atoms. The van der Waals surface area contributed by atoms with Crippen molar-refractivity contribution < 1.29 is 5.11 Å². The van der Waals surface area contributed by atoms with Crippen LogP contribution in [0.25, 0.3) is 0 Å². The molecule has 2 rings (SSSR count). The first-order valence-corrected chi connectivity index (χ1v) is 5.37. The fraction of sp³-hybridized carbons (Fsp3) is 0.455. The van der Waals surface area contributed by atoms with Crippen LogP contribution in [-0.2, 0) is 0 Å². The second-order valence-electron chi connectivity index (χ2n) is 3.71. The average molecular weight is 212 g/mol. The first-order chi connectivity index (χ1) is 6.77. The molecule has 1 saturated heterocycles. The number of hydrogen-bond acceptors (Lipinski definition) is 2. The number of benzene rings is 1. The zero-order valence-corrected chi connectivity index (χ0v) is 8.72. The van der Waals surface area contributed by atoms with Crippen LogP contribution >= 0.6 is 11.6 Å². The second kappa shape index (κ2) is 4.20. The summed E-state index contributed by atoms with van der Waals surface area (Å²) >= 11 is 6.08. The van der Waals surface area contributed by atoms with Crippen LogP contribution in [0, 0.1) is 0 Å². The van der Waals surface area contributed by atoms with Crippen molar-refractivity contribution in [1.82, 2.24) is 5.32 Å². The lowest BCUT2D eigenvalue weighted by molar-refractivity contribution is 0.409. The van der Waals surface area contributed by atoms with E-state index >= 15 is 0 Å². The van der Waals surface area contributed by atoms with E-state index in [9.17, 15) is 5.11 Å². The topological polar surface area (TPSA) is 32.3 Å². The Kier molecular flexibility index (Phi) is 2.94. The lowest BCUT2D eigenvalue weighted by Crippen LogP contribution is -2.26. The third-order valence-electron chi connectivity index (χ3n) is 2.67. The molecule has 14 heavy (non-hydrogen) atoms. The molecule has 0 radical (unpaired) electrons. The molecule has 1 aromatic rings. The molecular weight excluding hydrogens is 198 g/mol. The largest absolute Gasteiger partial charge is 0.508 e. The van der Waals surface area contributed by atoms with E-state index in [1.807, 2.05) is 0 Å². The molecule has 1 heterocycles. The highest BCUT2D eigenvalue weighted by atomic mass is 35.5. The number of phenols is 1. The molecule has 1 unspecified atom stereocenters. The van der Waals surface area contributed by atoms with Crippen LogP contribution in [0.15, 0.2) is 18.2 Å². The zero-order chi connectivity index (χ0) is 9.97. The average Bonchev–Trinajstić information content (AvgIpc) is 2.23. The van der Waals surface area contributed by atoms with E-state index in [4.69, 9.17) is 11.6 Å². The maximum atomic E-state index is 9.38. The highest BCUT2D eigenvalue weighted by molar-refractivity contribution is 6.31. The van der Waals surface area contributed by atoms with Crippen LogP contribution in [-0.4, -0.2) is 11.7 Å². The van der Waals surface area contributed by atoms with Crippen LogP contribution in [0.2, 0.25) is 5.02 Å². The highest BCUT2D eigenvalue weighted by Gasteiger charge is 2.17. The molecule has 0 aromatic heterocycles. The van der Waals surface area contributed by atoms with Crippen molar-refractivity contribution in [2.45, 2.75) is 25.3 Å². The van der Waals surface area contributed by atoms with Gasteiger partial charge in [0.25, 0.3) is 0 Å². The maximum absolute atomic E-state index is 9.38. The Labute approximate surface area is 88.9 Å². The Morgan fingerprint density at radius 3 is 2.93 bits per heavy atom. The second-order valence-corrected chi connectivity index (χ2v) is 4.12. The first-order valence-electron chi connectivity index (χ1n) is 4.99. The molecule has 0 bridgehead atoms. The lowest BCUT2D eigenvalue weighted by atomic mass is 9.97. The summed E-state index contributed by atoms with van der Waals surface area (Å²) < 4.78 is 0. The van der Waals surface area contributed by atoms with E-state index in [2.05, 4.69) is 5.32 Å². The molecule has 1 atom stereocenters. The number of halogens is 1. The van der Waals surface area contributed by atoms with Crippen LogP contribution < -0.4 is 5.32 Å². The predicted molar refractivity (Wildman–Crippen MR) is 57.7 cm³/mol. The lowest BCUT2D eigenvalue weighted by Gasteiger charge is -2.24. The summed E-state index contributed by atoms with van der Waals surface area (Å²) in [5.41, 5.74) is 1.02. The van der Waals surface area contributed by atoms with E-state index in [-0.39, 0.29) is 5.75 Å². The number of hydrogen-bond donors (Lipinski definition) is 2. The van der Waals surface area contributed by atoms with Gasteiger partial charge in [-0.1, -0.05) is 18.0 Å². The van der Waals surface area contributed by atoms with Crippen molar-refractivity contribution in [2.24, 2.45) is 0 Å². The van der Waals surface area contributed by atoms with E-state index < -0.39 is 0 Å². The molecule has 2 N–H and O–H groups in total. The summed E-state index contributed by atoms with van der Waals surface area (Å²) in [6, 6.07) is 5.44. The first kappa shape index (κ1) is 9.81. The standard InChI is InChI=1S/C11H14ClNO/c12-10-5-4-8(14)7-9(10)11-3-1-2-6-13-11/h4-5,7,11,13-14H,1-3,6H2. The Morgan fingerprint density at radius 2 is 2.21 bits per heavy atom. The van der Waals surface area contributed by atoms with Gasteiger partial charge in [-0.25, -0.2) is 0 Å². The normalized spacial score (nSPS) is 22.2. The third kappa shape index (κ3) is 2.02. The zero-order valence-electron chi connectivity index (χ0n) is 7.96. The SMILES string of the molecule is Oc1ccc(Cl)c(C2CCCCN2)c1. The highest BCUT2D eigenvalue weighted by Crippen LogP contribution is 2.31. The molecule has 0 saturated carbocycles. The van der Waals surface area contributed by atoms with E-state index in [0.717, 1.165) is 23.6 Å². The van der Waals surface area contributed by atoms with E-state index in [1.165, 1.54) is 12.8 Å². The fourth-order valence-electron chi connectivity index (χ4n) is 1.92. The van der Waals surface area contributed by atoms with Crippen molar-refractivity contribution in [1.29, 1.82) is 0 Å². The van der Waals surface area contributed by atoms with Crippen LogP contribution in [0.4, 0.5) is 0 Å². The van der Waals surface area contributed by atoms with Crippen LogP contribution in [0.5, 0.6) is 5.75 Å². The Hall–Kier alpha value is -0.730. The van der Waals surface area contributed by atoms with E-state index in [0.29, 0.717) is 6.04 Å². The van der Waals surface area contributed by atoms with Gasteiger partial charge in [-0.05, 0) is 43.1 Å². The molecule has 1 fully saturated rings. The minimum absolute atomic E-state index is 0.289. The van der Waals surface area contributed by atoms with Crippen molar-refractivity contribution in [3.63, 3.8) is 0 Å². The van der Waals surface area contributed by atoms with Gasteiger partial charge in [-0.15, -0.1) is 0 Å². The Morgan fingerprint density at radius 1 is 1.36 bits per heavy atom. The quantitative estimate of drug-likeness (QED) is 0.749. The molecule has 76 valence electrons. The summed E-state index contributed by atoms with van der Waals surface area (Å²) in [6.07, 6.45) is 3.56. The summed E-state index contributed by atoms with van der Waals surface area (Å²) in [5, 5.41) is 13.5. The smallest absolute Gasteiger partial charge is 0.116 e. The molecule has 0 amide bonds. The number of aromatic hydroxyl groups is 1. The summed E-state index contributed by atoms with van der Waals surface area (Å²) in [7, 11) is 0. The number of nitrogens with one attached hydrogen (secondary N) is 1. The van der Waals surface area contributed by atoms with Gasteiger partial charge in [0.2, 0.25) is 0 Å². The number of piperidine rings is 1. The van der Waals surface area contributed by atoms with Gasteiger partial charge < -0.3 is 10.4 Å². The van der Waals surface area contributed by atoms with Gasteiger partial charge in [0.1, 0.15) is 5.75 Å². The molecule has 3 heteroatoms. The third-order valence-corrected chi connectivity index (χ3v) is 3.01. The van der Waals surface area contributed by atoms with Gasteiger partial charge in [0, 0.05) is 11.1 Å². The predicted octanol–water partition coefficient (Wildman–Crippen LogP) is 2.86. The van der Waals surface area contributed by atoms with Crippen molar-refractivity contribution in [2.75, 3.05) is 6.54 Å². The van der Waals surface area contributed by atoms with Crippen LogP contribution in [0.1, 0.15) is 30.9 Å². The summed E-state index contributed by atoms with van der Waals surface area (Å²) in [5.74, 6) is 0.289. The molecule has 0 aliphatic carbocycles. The van der Waals surface area contributed by atoms with Gasteiger partial charge in [0.15, 0.2) is 0 Å². The van der Waals surface area contributed by atoms with Crippen molar-refractivity contribution >= 4 is 11.6 Å². The van der Waals surface area contributed by atoms with Gasteiger partial charge in [-0.2, -0.15) is 0 Å². The number of phenolic OH excluding ortho intramolecular Hbond substituents is 1. The Bertz CT molecular complexity index is 321. The van der Waals surface area contributed by atoms with E-state index in [1.54, 1.807) is 18.2 Å². The Balaban J connectivity index is 2.24. The molecule has 2 nitrogen and oxygen atoms in total. The van der Waals surface area contributed by atoms with Gasteiger partial charge in [0.05, 0.1) is 0 Å². The molecule has 1 aliphatic rings. The summed E-state index contributed by atoms with van der Waals surface area (Å²) in [4.78, 5) is 0. The van der Waals surface area contributed by atoms with Crippen molar-refractivity contribution in [3.8, 4) is 5.75 Å². The number of rotatable bonds is 1. The van der Waals surface area contributed by atoms with Crippen LogP contribution in [0.3, 0.4) is 0 Å². The molecular formula is C11H14ClNO.